The maximum absolute atomic E-state index is 13.1. The molecule has 0 N–H and O–H groups in total. The van der Waals surface area contributed by atoms with Gasteiger partial charge in [0.25, 0.3) is 0 Å². The third-order valence-electron chi connectivity index (χ3n) is 3.10. The van der Waals surface area contributed by atoms with Crippen molar-refractivity contribution < 1.29 is 9.18 Å². The smallest absolute Gasteiger partial charge is 0.165 e. The highest BCUT2D eigenvalue weighted by molar-refractivity contribution is 5.98. The van der Waals surface area contributed by atoms with Crippen molar-refractivity contribution in [3.63, 3.8) is 0 Å². The van der Waals surface area contributed by atoms with Gasteiger partial charge in [-0.05, 0) is 31.0 Å². The molecule has 1 aromatic rings. The Kier molecular flexibility index (Phi) is 3.00. The third kappa shape index (κ3) is 1.96. The van der Waals surface area contributed by atoms with Gasteiger partial charge in [-0.1, -0.05) is 12.8 Å². The van der Waals surface area contributed by atoms with E-state index < -0.39 is 5.82 Å². The Morgan fingerprint density at radius 1 is 1.38 bits per heavy atom. The average Bonchev–Trinajstić information content (AvgIpc) is 2.82. The Hall–Kier alpha value is -1.69. The summed E-state index contributed by atoms with van der Waals surface area (Å²) >= 11 is 0. The van der Waals surface area contributed by atoms with Crippen LogP contribution in [0, 0.1) is 23.1 Å². The lowest BCUT2D eigenvalue weighted by molar-refractivity contribution is 0.0923. The second kappa shape index (κ2) is 4.44. The van der Waals surface area contributed by atoms with Gasteiger partial charge in [0.2, 0.25) is 0 Å². The maximum Gasteiger partial charge on any atom is 0.165 e. The minimum Gasteiger partial charge on any atom is -0.294 e. The fourth-order valence-electron chi connectivity index (χ4n) is 2.19. The van der Waals surface area contributed by atoms with Crippen molar-refractivity contribution in [2.45, 2.75) is 25.7 Å². The molecule has 82 valence electrons. The molecule has 1 aliphatic carbocycles. The Balaban J connectivity index is 2.27. The molecule has 0 radical (unpaired) electrons. The molecule has 0 aliphatic heterocycles. The number of carbonyl (C=O) groups excluding carboxylic acids is 1. The predicted octanol–water partition coefficient (Wildman–Crippen LogP) is 3.07. The molecule has 0 atom stereocenters. The maximum atomic E-state index is 13.1. The summed E-state index contributed by atoms with van der Waals surface area (Å²) in [5.74, 6) is -0.448. The van der Waals surface area contributed by atoms with E-state index in [0.29, 0.717) is 5.56 Å². The van der Waals surface area contributed by atoms with Gasteiger partial charge in [0, 0.05) is 11.5 Å². The first-order valence-electron chi connectivity index (χ1n) is 5.46. The molecule has 16 heavy (non-hydrogen) atoms. The number of halogens is 1. The van der Waals surface area contributed by atoms with E-state index in [2.05, 4.69) is 0 Å². The van der Waals surface area contributed by atoms with Crippen LogP contribution in [-0.2, 0) is 0 Å². The van der Waals surface area contributed by atoms with Crippen molar-refractivity contribution in [3.8, 4) is 6.07 Å². The Morgan fingerprint density at radius 3 is 2.69 bits per heavy atom. The average molecular weight is 217 g/mol. The zero-order chi connectivity index (χ0) is 11.5. The molecule has 0 heterocycles. The quantitative estimate of drug-likeness (QED) is 0.714. The van der Waals surface area contributed by atoms with Crippen LogP contribution in [0.1, 0.15) is 41.6 Å². The minimum atomic E-state index is -0.564. The van der Waals surface area contributed by atoms with E-state index in [9.17, 15) is 9.18 Å². The molecule has 1 saturated carbocycles. The number of Topliss-reactive ketones (excluding diaryl/α,β-unsaturated/α-hetero) is 1. The molecule has 2 rings (SSSR count). The van der Waals surface area contributed by atoms with Crippen molar-refractivity contribution in [2.24, 2.45) is 5.92 Å². The highest BCUT2D eigenvalue weighted by atomic mass is 19.1. The summed E-state index contributed by atoms with van der Waals surface area (Å²) in [6.45, 7) is 0. The molecule has 0 spiro atoms. The van der Waals surface area contributed by atoms with Crippen LogP contribution in [0.2, 0.25) is 0 Å². The number of hydrogen-bond acceptors (Lipinski definition) is 2. The largest absolute Gasteiger partial charge is 0.294 e. The molecule has 1 aromatic carbocycles. The lowest BCUT2D eigenvalue weighted by Gasteiger charge is -2.07. The first-order valence-corrected chi connectivity index (χ1v) is 5.46. The lowest BCUT2D eigenvalue weighted by Crippen LogP contribution is -2.11. The van der Waals surface area contributed by atoms with E-state index in [0.717, 1.165) is 25.7 Å². The minimum absolute atomic E-state index is 0.0500. The van der Waals surface area contributed by atoms with Gasteiger partial charge in [0.05, 0.1) is 5.56 Å². The van der Waals surface area contributed by atoms with Gasteiger partial charge in [-0.2, -0.15) is 5.26 Å². The van der Waals surface area contributed by atoms with E-state index >= 15 is 0 Å². The first kappa shape index (κ1) is 10.8. The fourth-order valence-corrected chi connectivity index (χ4v) is 2.19. The summed E-state index contributed by atoms with van der Waals surface area (Å²) in [5.41, 5.74) is 0.411. The molecule has 0 saturated heterocycles. The van der Waals surface area contributed by atoms with Gasteiger partial charge in [-0.3, -0.25) is 4.79 Å². The SMILES string of the molecule is N#Cc1cc(C(=O)C2CCCC2)ccc1F. The van der Waals surface area contributed by atoms with Gasteiger partial charge >= 0.3 is 0 Å². The summed E-state index contributed by atoms with van der Waals surface area (Å²) < 4.78 is 13.1. The zero-order valence-electron chi connectivity index (χ0n) is 8.87. The fraction of sp³-hybridized carbons (Fsp3) is 0.385. The van der Waals surface area contributed by atoms with Crippen LogP contribution in [0.5, 0.6) is 0 Å². The van der Waals surface area contributed by atoms with E-state index in [1.54, 1.807) is 6.07 Å². The second-order valence-corrected chi connectivity index (χ2v) is 4.15. The molecule has 3 heteroatoms. The second-order valence-electron chi connectivity index (χ2n) is 4.15. The summed E-state index contributed by atoms with van der Waals surface area (Å²) in [4.78, 5) is 12.0. The van der Waals surface area contributed by atoms with Gasteiger partial charge in [0.1, 0.15) is 11.9 Å². The summed E-state index contributed by atoms with van der Waals surface area (Å²) in [6, 6.07) is 5.78. The van der Waals surface area contributed by atoms with Crippen molar-refractivity contribution in [2.75, 3.05) is 0 Å². The molecule has 2 nitrogen and oxygen atoms in total. The Morgan fingerprint density at radius 2 is 2.06 bits per heavy atom. The summed E-state index contributed by atoms with van der Waals surface area (Å²) in [7, 11) is 0. The monoisotopic (exact) mass is 217 g/mol. The first-order chi connectivity index (χ1) is 7.72. The van der Waals surface area contributed by atoms with Crippen LogP contribution >= 0.6 is 0 Å². The van der Waals surface area contributed by atoms with Crippen LogP contribution in [0.4, 0.5) is 4.39 Å². The molecule has 1 aliphatic rings. The van der Waals surface area contributed by atoms with Crippen LogP contribution < -0.4 is 0 Å². The van der Waals surface area contributed by atoms with Gasteiger partial charge in [-0.25, -0.2) is 4.39 Å². The number of rotatable bonds is 2. The number of benzene rings is 1. The van der Waals surface area contributed by atoms with E-state index in [1.165, 1.54) is 18.2 Å². The lowest BCUT2D eigenvalue weighted by atomic mass is 9.95. The molecule has 1 fully saturated rings. The topological polar surface area (TPSA) is 40.9 Å². The molecule has 0 bridgehead atoms. The van der Waals surface area contributed by atoms with Crippen molar-refractivity contribution in [3.05, 3.63) is 35.1 Å². The van der Waals surface area contributed by atoms with E-state index in [4.69, 9.17) is 5.26 Å². The molecule has 0 aromatic heterocycles. The van der Waals surface area contributed by atoms with Crippen LogP contribution in [0.15, 0.2) is 18.2 Å². The van der Waals surface area contributed by atoms with Crippen molar-refractivity contribution in [1.82, 2.24) is 0 Å². The molecular weight excluding hydrogens is 205 g/mol. The third-order valence-corrected chi connectivity index (χ3v) is 3.10. The number of nitrogens with zero attached hydrogens (tertiary/aromatic N) is 1. The standard InChI is InChI=1S/C13H12FNO/c14-12-6-5-10(7-11(12)8-15)13(16)9-3-1-2-4-9/h5-7,9H,1-4H2. The normalized spacial score (nSPS) is 16.0. The predicted molar refractivity (Wildman–Crippen MR) is 57.4 cm³/mol. The Bertz CT molecular complexity index is 455. The molecule has 0 amide bonds. The summed E-state index contributed by atoms with van der Waals surface area (Å²) in [6.07, 6.45) is 4.00. The van der Waals surface area contributed by atoms with Gasteiger partial charge in [-0.15, -0.1) is 0 Å². The highest BCUT2D eigenvalue weighted by Gasteiger charge is 2.24. The highest BCUT2D eigenvalue weighted by Crippen LogP contribution is 2.28. The van der Waals surface area contributed by atoms with Crippen molar-refractivity contribution in [1.29, 1.82) is 5.26 Å². The van der Waals surface area contributed by atoms with E-state index in [1.807, 2.05) is 0 Å². The van der Waals surface area contributed by atoms with Crippen LogP contribution in [-0.4, -0.2) is 5.78 Å². The van der Waals surface area contributed by atoms with Gasteiger partial charge in [0.15, 0.2) is 5.78 Å². The summed E-state index contributed by atoms with van der Waals surface area (Å²) in [5, 5.41) is 8.69. The Labute approximate surface area is 93.7 Å². The number of nitriles is 1. The number of ketones is 1. The number of hydrogen-bond donors (Lipinski definition) is 0. The number of carbonyl (C=O) groups is 1. The molecular formula is C13H12FNO. The van der Waals surface area contributed by atoms with Gasteiger partial charge < -0.3 is 0 Å². The van der Waals surface area contributed by atoms with Crippen molar-refractivity contribution >= 4 is 5.78 Å². The molecule has 0 unspecified atom stereocenters. The zero-order valence-corrected chi connectivity index (χ0v) is 8.87. The van der Waals surface area contributed by atoms with Crippen LogP contribution in [0.3, 0.4) is 0 Å². The van der Waals surface area contributed by atoms with Crippen LogP contribution in [0.25, 0.3) is 0 Å². The van der Waals surface area contributed by atoms with E-state index in [-0.39, 0.29) is 17.3 Å².